The normalized spacial score (nSPS) is 15.2. The molecule has 0 aliphatic heterocycles. The fourth-order valence-electron chi connectivity index (χ4n) is 5.57. The topological polar surface area (TPSA) is 73.9 Å². The van der Waals surface area contributed by atoms with E-state index in [4.69, 9.17) is 4.74 Å². The van der Waals surface area contributed by atoms with Gasteiger partial charge in [0.25, 0.3) is 0 Å². The van der Waals surface area contributed by atoms with Crippen molar-refractivity contribution >= 4 is 6.29 Å². The molecule has 0 spiro atoms. The van der Waals surface area contributed by atoms with Gasteiger partial charge in [0.05, 0.1) is 17.2 Å². The maximum absolute atomic E-state index is 10.6. The van der Waals surface area contributed by atoms with Crippen LogP contribution in [0.4, 0.5) is 0 Å². The molecule has 0 saturated carbocycles. The van der Waals surface area contributed by atoms with Crippen LogP contribution in [0.15, 0.2) is 48.5 Å². The predicted molar refractivity (Wildman–Crippen MR) is 131 cm³/mol. The minimum Gasteiger partial charge on any atom is -0.373 e. The Labute approximate surface area is 200 Å². The monoisotopic (exact) mass is 446 g/mol. The minimum absolute atomic E-state index is 0.162. The van der Waals surface area contributed by atoms with Crippen LogP contribution in [0.3, 0.4) is 0 Å². The van der Waals surface area contributed by atoms with Crippen LogP contribution in [0.2, 0.25) is 0 Å². The zero-order chi connectivity index (χ0) is 23.5. The lowest BCUT2D eigenvalue weighted by Crippen LogP contribution is -2.20. The van der Waals surface area contributed by atoms with Crippen LogP contribution in [0.1, 0.15) is 65.2 Å². The first-order chi connectivity index (χ1) is 16.8. The lowest BCUT2D eigenvalue weighted by atomic mass is 9.71. The number of ether oxygens (including phenoxy) is 1. The highest BCUT2D eigenvalue weighted by atomic mass is 16.5. The van der Waals surface area contributed by atoms with Crippen molar-refractivity contribution in [1.29, 1.82) is 10.5 Å². The molecule has 0 radical (unpaired) electrons. The highest BCUT2D eigenvalue weighted by Crippen LogP contribution is 2.50. The molecule has 0 bridgehead atoms. The Morgan fingerprint density at radius 1 is 0.853 bits per heavy atom. The molecule has 3 aromatic rings. The number of aryl methyl sites for hydroxylation is 1. The summed E-state index contributed by atoms with van der Waals surface area (Å²) in [5, 5.41) is 20.3. The molecular weight excluding hydrogens is 420 g/mol. The van der Waals surface area contributed by atoms with Crippen molar-refractivity contribution < 1.29 is 9.53 Å². The summed E-state index contributed by atoms with van der Waals surface area (Å²) < 4.78 is 6.35. The van der Waals surface area contributed by atoms with E-state index in [1.165, 1.54) is 11.1 Å². The molecule has 5 rings (SSSR count). The minimum atomic E-state index is -0.162. The molecule has 2 aliphatic rings. The summed E-state index contributed by atoms with van der Waals surface area (Å²) in [6.07, 6.45) is 6.34. The summed E-state index contributed by atoms with van der Waals surface area (Å²) in [4.78, 5) is 10.6. The van der Waals surface area contributed by atoms with Gasteiger partial charge in [0.15, 0.2) is 0 Å². The molecule has 4 nitrogen and oxygen atoms in total. The SMILES string of the molecule is N#Cc1c(C#N)c2c(c3c1CCc1ccccc1-3)-c1ccccc1C(OCCCCCC=O)C2. The molecule has 0 saturated heterocycles. The maximum Gasteiger partial charge on any atom is 0.119 e. The first kappa shape index (κ1) is 22.1. The van der Waals surface area contributed by atoms with E-state index in [0.717, 1.165) is 71.8 Å². The molecular formula is C30H26N2O2. The third kappa shape index (κ3) is 3.71. The number of aldehydes is 1. The van der Waals surface area contributed by atoms with E-state index in [0.29, 0.717) is 30.6 Å². The van der Waals surface area contributed by atoms with Gasteiger partial charge in [-0.1, -0.05) is 55.0 Å². The van der Waals surface area contributed by atoms with Gasteiger partial charge in [0, 0.05) is 19.4 Å². The second kappa shape index (κ2) is 9.64. The van der Waals surface area contributed by atoms with Crippen molar-refractivity contribution in [2.45, 2.75) is 51.0 Å². The Morgan fingerprint density at radius 2 is 1.56 bits per heavy atom. The zero-order valence-corrected chi connectivity index (χ0v) is 19.1. The van der Waals surface area contributed by atoms with Crippen molar-refractivity contribution in [2.75, 3.05) is 6.61 Å². The molecule has 34 heavy (non-hydrogen) atoms. The Bertz CT molecular complexity index is 1340. The van der Waals surface area contributed by atoms with Gasteiger partial charge in [0.2, 0.25) is 0 Å². The van der Waals surface area contributed by atoms with Crippen LogP contribution in [0.5, 0.6) is 0 Å². The molecule has 3 aromatic carbocycles. The van der Waals surface area contributed by atoms with Gasteiger partial charge in [-0.2, -0.15) is 10.5 Å². The number of carbonyl (C=O) groups excluding carboxylic acids is 1. The summed E-state index contributed by atoms with van der Waals surface area (Å²) in [5.74, 6) is 0. The lowest BCUT2D eigenvalue weighted by molar-refractivity contribution is -0.107. The van der Waals surface area contributed by atoms with Crippen LogP contribution in [-0.2, 0) is 28.8 Å². The smallest absolute Gasteiger partial charge is 0.119 e. The highest BCUT2D eigenvalue weighted by Gasteiger charge is 2.34. The fourth-order valence-corrected chi connectivity index (χ4v) is 5.57. The number of rotatable bonds is 7. The van der Waals surface area contributed by atoms with E-state index in [9.17, 15) is 15.3 Å². The predicted octanol–water partition coefficient (Wildman–Crippen LogP) is 6.24. The van der Waals surface area contributed by atoms with Gasteiger partial charge in [-0.25, -0.2) is 0 Å². The molecule has 0 amide bonds. The summed E-state index contributed by atoms with van der Waals surface area (Å²) in [6, 6.07) is 21.5. The quantitative estimate of drug-likeness (QED) is 0.318. The van der Waals surface area contributed by atoms with Gasteiger partial charge in [-0.3, -0.25) is 0 Å². The maximum atomic E-state index is 10.6. The van der Waals surface area contributed by atoms with Crippen molar-refractivity contribution in [3.8, 4) is 34.4 Å². The summed E-state index contributed by atoms with van der Waals surface area (Å²) in [7, 11) is 0. The summed E-state index contributed by atoms with van der Waals surface area (Å²) in [6.45, 7) is 0.605. The molecule has 0 N–H and O–H groups in total. The van der Waals surface area contributed by atoms with E-state index in [-0.39, 0.29) is 6.10 Å². The number of unbranched alkanes of at least 4 members (excludes halogenated alkanes) is 3. The standard InChI is InChI=1S/C30H26N2O2/c31-18-26-24-14-13-20-9-3-4-10-21(20)29(24)30-23-12-6-5-11-22(23)28(17-25(30)27(26)19-32)34-16-8-2-1-7-15-33/h3-6,9-12,15,28H,1-2,7-8,13-14,16-17H2. The Hall–Kier alpha value is -3.73. The first-order valence-electron chi connectivity index (χ1n) is 12.0. The van der Waals surface area contributed by atoms with E-state index in [2.05, 4.69) is 48.5 Å². The van der Waals surface area contributed by atoms with Crippen LogP contribution < -0.4 is 0 Å². The van der Waals surface area contributed by atoms with E-state index in [1.54, 1.807) is 0 Å². The van der Waals surface area contributed by atoms with Gasteiger partial charge in [-0.15, -0.1) is 0 Å². The molecule has 0 heterocycles. The molecule has 2 aliphatic carbocycles. The molecule has 1 unspecified atom stereocenters. The number of carbonyl (C=O) groups is 1. The summed E-state index contributed by atoms with van der Waals surface area (Å²) >= 11 is 0. The number of hydrogen-bond donors (Lipinski definition) is 0. The molecule has 168 valence electrons. The van der Waals surface area contributed by atoms with Gasteiger partial charge < -0.3 is 9.53 Å². The number of benzene rings is 3. The van der Waals surface area contributed by atoms with Crippen LogP contribution in [0.25, 0.3) is 22.3 Å². The second-order valence-electron chi connectivity index (χ2n) is 9.00. The third-order valence-corrected chi connectivity index (χ3v) is 7.11. The van der Waals surface area contributed by atoms with Crippen molar-refractivity contribution in [1.82, 2.24) is 0 Å². The van der Waals surface area contributed by atoms with E-state index >= 15 is 0 Å². The second-order valence-corrected chi connectivity index (χ2v) is 9.00. The van der Waals surface area contributed by atoms with Crippen molar-refractivity contribution in [3.63, 3.8) is 0 Å². The summed E-state index contributed by atoms with van der Waals surface area (Å²) in [5.41, 5.74) is 9.88. The molecule has 4 heteroatoms. The van der Waals surface area contributed by atoms with Crippen LogP contribution >= 0.6 is 0 Å². The van der Waals surface area contributed by atoms with Gasteiger partial charge in [0.1, 0.15) is 18.4 Å². The van der Waals surface area contributed by atoms with Gasteiger partial charge >= 0.3 is 0 Å². The molecule has 1 atom stereocenters. The van der Waals surface area contributed by atoms with Crippen molar-refractivity contribution in [3.05, 3.63) is 81.9 Å². The van der Waals surface area contributed by atoms with E-state index < -0.39 is 0 Å². The largest absolute Gasteiger partial charge is 0.373 e. The average Bonchev–Trinajstić information content (AvgIpc) is 2.89. The van der Waals surface area contributed by atoms with Crippen LogP contribution in [0, 0.1) is 22.7 Å². The lowest BCUT2D eigenvalue weighted by Gasteiger charge is -2.34. The third-order valence-electron chi connectivity index (χ3n) is 7.11. The Morgan fingerprint density at radius 3 is 2.35 bits per heavy atom. The number of nitrogens with zero attached hydrogens (tertiary/aromatic N) is 2. The zero-order valence-electron chi connectivity index (χ0n) is 19.1. The van der Waals surface area contributed by atoms with E-state index in [1.807, 2.05) is 12.1 Å². The Kier molecular flexibility index (Phi) is 6.26. The number of fused-ring (bicyclic) bond motifs is 7. The first-order valence-corrected chi connectivity index (χ1v) is 12.0. The molecule has 0 fully saturated rings. The number of hydrogen-bond acceptors (Lipinski definition) is 4. The van der Waals surface area contributed by atoms with Gasteiger partial charge in [-0.05, 0) is 70.2 Å². The highest BCUT2D eigenvalue weighted by molar-refractivity contribution is 5.95. The van der Waals surface area contributed by atoms with Crippen molar-refractivity contribution in [2.24, 2.45) is 0 Å². The Balaban J connectivity index is 1.64. The fraction of sp³-hybridized carbons (Fsp3) is 0.300. The average molecular weight is 447 g/mol. The molecule has 0 aromatic heterocycles. The number of nitriles is 2. The van der Waals surface area contributed by atoms with Crippen LogP contribution in [-0.4, -0.2) is 12.9 Å².